The summed E-state index contributed by atoms with van der Waals surface area (Å²) in [6, 6.07) is 11.8. The summed E-state index contributed by atoms with van der Waals surface area (Å²) in [5.74, 6) is -0.00227. The topological polar surface area (TPSA) is 80.9 Å². The smallest absolute Gasteiger partial charge is 0.226 e. The number of rotatable bonds is 4. The molecule has 0 radical (unpaired) electrons. The second-order valence-corrected chi connectivity index (χ2v) is 7.36. The van der Waals surface area contributed by atoms with Gasteiger partial charge in [-0.15, -0.1) is 36.2 Å². The average molecular weight is 437 g/mol. The van der Waals surface area contributed by atoms with Crippen molar-refractivity contribution >= 4 is 47.7 Å². The molecule has 3 N–H and O–H groups in total. The van der Waals surface area contributed by atoms with Gasteiger partial charge in [-0.05, 0) is 54.7 Å². The van der Waals surface area contributed by atoms with Crippen LogP contribution in [0.1, 0.15) is 35.7 Å². The van der Waals surface area contributed by atoms with Gasteiger partial charge in [0.2, 0.25) is 5.91 Å². The molecule has 0 saturated carbocycles. The molecule has 3 aromatic rings. The number of benzene rings is 1. The Hall–Kier alpha value is -2.15. The quantitative estimate of drug-likeness (QED) is 0.594. The molecule has 2 heterocycles. The van der Waals surface area contributed by atoms with Crippen LogP contribution in [-0.4, -0.2) is 15.9 Å². The third-order valence-electron chi connectivity index (χ3n) is 4.59. The molecule has 1 unspecified atom stereocenters. The van der Waals surface area contributed by atoms with Crippen LogP contribution in [0.3, 0.4) is 0 Å². The summed E-state index contributed by atoms with van der Waals surface area (Å²) in [5, 5.41) is 5.93. The lowest BCUT2D eigenvalue weighted by atomic mass is 9.87. The van der Waals surface area contributed by atoms with Crippen LogP contribution in [0.5, 0.6) is 0 Å². The number of amides is 1. The van der Waals surface area contributed by atoms with Crippen LogP contribution >= 0.6 is 36.2 Å². The number of pyridine rings is 1. The van der Waals surface area contributed by atoms with Gasteiger partial charge in [0.1, 0.15) is 5.01 Å². The number of nitrogens with zero attached hydrogens (tertiary/aromatic N) is 2. The van der Waals surface area contributed by atoms with E-state index in [4.69, 9.17) is 5.73 Å². The molecular weight excluding hydrogens is 415 g/mol. The van der Waals surface area contributed by atoms with E-state index in [0.29, 0.717) is 0 Å². The van der Waals surface area contributed by atoms with Gasteiger partial charge in [0.15, 0.2) is 0 Å². The van der Waals surface area contributed by atoms with Crippen molar-refractivity contribution in [2.75, 3.05) is 5.73 Å². The SMILES string of the molecule is Cl.Cl.Nc1ccc2c(c1)CCCC2NC(=O)Cc1csc(-c2ccccn2)n1. The van der Waals surface area contributed by atoms with Gasteiger partial charge in [0.05, 0.1) is 23.9 Å². The van der Waals surface area contributed by atoms with Crippen molar-refractivity contribution in [3.63, 3.8) is 0 Å². The fourth-order valence-corrected chi connectivity index (χ4v) is 4.18. The van der Waals surface area contributed by atoms with Crippen molar-refractivity contribution in [3.05, 3.63) is 64.8 Å². The Morgan fingerprint density at radius 1 is 1.25 bits per heavy atom. The number of aryl methyl sites for hydroxylation is 1. The predicted octanol–water partition coefficient (Wildman–Crippen LogP) is 4.37. The number of thiazole rings is 1. The van der Waals surface area contributed by atoms with Crippen LogP contribution in [0.25, 0.3) is 10.7 Å². The highest BCUT2D eigenvalue weighted by Crippen LogP contribution is 2.31. The number of hydrogen-bond donors (Lipinski definition) is 2. The van der Waals surface area contributed by atoms with E-state index in [2.05, 4.69) is 15.3 Å². The molecule has 0 saturated heterocycles. The number of hydrogen-bond acceptors (Lipinski definition) is 5. The highest BCUT2D eigenvalue weighted by molar-refractivity contribution is 7.13. The molecule has 0 fully saturated rings. The summed E-state index contributed by atoms with van der Waals surface area (Å²) in [6.07, 6.45) is 5.06. The number of fused-ring (bicyclic) bond motifs is 1. The Balaban J connectivity index is 0.00000140. The highest BCUT2D eigenvalue weighted by atomic mass is 35.5. The maximum absolute atomic E-state index is 12.5. The van der Waals surface area contributed by atoms with Crippen LogP contribution in [0.15, 0.2) is 48.0 Å². The van der Waals surface area contributed by atoms with E-state index in [-0.39, 0.29) is 43.2 Å². The molecule has 28 heavy (non-hydrogen) atoms. The first-order valence-corrected chi connectivity index (χ1v) is 9.60. The van der Waals surface area contributed by atoms with E-state index in [1.54, 1.807) is 6.20 Å². The Bertz CT molecular complexity index is 933. The predicted molar refractivity (Wildman–Crippen MR) is 118 cm³/mol. The molecule has 0 bridgehead atoms. The fraction of sp³-hybridized carbons (Fsp3) is 0.250. The standard InChI is InChI=1S/C20H20N4OS.2ClH/c21-14-7-8-16-13(10-14)4-3-6-17(16)24-19(25)11-15-12-26-20(23-15)18-5-1-2-9-22-18;;/h1-2,5,7-10,12,17H,3-4,6,11,21H2,(H,24,25);2*1H. The molecule has 1 amide bonds. The Labute approximate surface area is 180 Å². The number of nitrogens with one attached hydrogen (secondary N) is 1. The van der Waals surface area contributed by atoms with Gasteiger partial charge < -0.3 is 11.1 Å². The maximum Gasteiger partial charge on any atom is 0.226 e. The minimum Gasteiger partial charge on any atom is -0.399 e. The molecule has 8 heteroatoms. The Morgan fingerprint density at radius 2 is 2.11 bits per heavy atom. The zero-order chi connectivity index (χ0) is 17.9. The first-order valence-electron chi connectivity index (χ1n) is 8.72. The van der Waals surface area contributed by atoms with E-state index >= 15 is 0 Å². The molecular formula is C20H22Cl2N4OS. The van der Waals surface area contributed by atoms with Crippen molar-refractivity contribution < 1.29 is 4.79 Å². The van der Waals surface area contributed by atoms with Crippen LogP contribution < -0.4 is 11.1 Å². The molecule has 2 aromatic heterocycles. The first-order chi connectivity index (χ1) is 12.7. The summed E-state index contributed by atoms with van der Waals surface area (Å²) in [7, 11) is 0. The number of nitrogen functional groups attached to an aromatic ring is 1. The molecule has 1 atom stereocenters. The molecule has 148 valence electrons. The van der Waals surface area contributed by atoms with E-state index in [0.717, 1.165) is 41.3 Å². The summed E-state index contributed by atoms with van der Waals surface area (Å²) < 4.78 is 0. The minimum atomic E-state index is -0.00227. The van der Waals surface area contributed by atoms with Crippen LogP contribution in [0.4, 0.5) is 5.69 Å². The van der Waals surface area contributed by atoms with Gasteiger partial charge in [-0.1, -0.05) is 12.1 Å². The van der Waals surface area contributed by atoms with Gasteiger partial charge in [0, 0.05) is 17.3 Å². The van der Waals surface area contributed by atoms with Crippen molar-refractivity contribution in [3.8, 4) is 10.7 Å². The zero-order valence-electron chi connectivity index (χ0n) is 15.1. The normalized spacial score (nSPS) is 14.9. The van der Waals surface area contributed by atoms with E-state index in [1.807, 2.05) is 41.8 Å². The van der Waals surface area contributed by atoms with Crippen LogP contribution in [0.2, 0.25) is 0 Å². The van der Waals surface area contributed by atoms with Gasteiger partial charge in [0.25, 0.3) is 0 Å². The number of anilines is 1. The van der Waals surface area contributed by atoms with Crippen molar-refractivity contribution in [1.29, 1.82) is 0 Å². The second kappa shape index (κ2) is 9.87. The number of carbonyl (C=O) groups is 1. The summed E-state index contributed by atoms with van der Waals surface area (Å²) in [4.78, 5) is 21.4. The highest BCUT2D eigenvalue weighted by Gasteiger charge is 2.22. The van der Waals surface area contributed by atoms with Crippen molar-refractivity contribution in [2.24, 2.45) is 0 Å². The fourth-order valence-electron chi connectivity index (χ4n) is 3.39. The molecule has 5 nitrogen and oxygen atoms in total. The van der Waals surface area contributed by atoms with Crippen molar-refractivity contribution in [2.45, 2.75) is 31.7 Å². The Morgan fingerprint density at radius 3 is 2.89 bits per heavy atom. The Kier molecular flexibility index (Phi) is 7.80. The largest absolute Gasteiger partial charge is 0.399 e. The minimum absolute atomic E-state index is 0. The first kappa shape index (κ1) is 22.1. The summed E-state index contributed by atoms with van der Waals surface area (Å²) in [6.45, 7) is 0. The van der Waals surface area contributed by atoms with Crippen molar-refractivity contribution in [1.82, 2.24) is 15.3 Å². The number of carbonyl (C=O) groups excluding carboxylic acids is 1. The maximum atomic E-state index is 12.5. The molecule has 0 aliphatic heterocycles. The summed E-state index contributed by atoms with van der Waals surface area (Å²) in [5.41, 5.74) is 10.7. The summed E-state index contributed by atoms with van der Waals surface area (Å²) >= 11 is 1.51. The van der Waals surface area contributed by atoms with E-state index < -0.39 is 0 Å². The lowest BCUT2D eigenvalue weighted by molar-refractivity contribution is -0.121. The van der Waals surface area contributed by atoms with Gasteiger partial charge in [-0.25, -0.2) is 4.98 Å². The van der Waals surface area contributed by atoms with E-state index in [1.165, 1.54) is 22.5 Å². The van der Waals surface area contributed by atoms with Gasteiger partial charge in [-0.3, -0.25) is 9.78 Å². The lowest BCUT2D eigenvalue weighted by Gasteiger charge is -2.26. The molecule has 1 aliphatic carbocycles. The van der Waals surface area contributed by atoms with Crippen LogP contribution in [0, 0.1) is 0 Å². The van der Waals surface area contributed by atoms with Gasteiger partial charge in [-0.2, -0.15) is 0 Å². The molecule has 1 aliphatic rings. The molecule has 1 aromatic carbocycles. The monoisotopic (exact) mass is 436 g/mol. The number of nitrogens with two attached hydrogens (primary N) is 1. The third kappa shape index (κ3) is 5.01. The van der Waals surface area contributed by atoms with E-state index in [9.17, 15) is 4.79 Å². The third-order valence-corrected chi connectivity index (χ3v) is 5.51. The lowest BCUT2D eigenvalue weighted by Crippen LogP contribution is -2.32. The van der Waals surface area contributed by atoms with Crippen LogP contribution in [-0.2, 0) is 17.6 Å². The number of halogens is 2. The van der Waals surface area contributed by atoms with Gasteiger partial charge >= 0.3 is 0 Å². The molecule has 4 rings (SSSR count). The average Bonchev–Trinajstić information content (AvgIpc) is 3.11. The zero-order valence-corrected chi connectivity index (χ0v) is 17.6. The number of aromatic nitrogens is 2. The molecule has 0 spiro atoms. The second-order valence-electron chi connectivity index (χ2n) is 6.51.